The van der Waals surface area contributed by atoms with Gasteiger partial charge in [0.15, 0.2) is 0 Å². The third kappa shape index (κ3) is 5.60. The number of urea groups is 1. The molecule has 0 atom stereocenters. The maximum atomic E-state index is 13.9. The molecule has 0 aliphatic rings. The number of nitrogens with one attached hydrogen (secondary N) is 1. The average molecular weight is 358 g/mol. The van der Waals surface area contributed by atoms with Crippen molar-refractivity contribution in [3.63, 3.8) is 0 Å². The van der Waals surface area contributed by atoms with Crippen LogP contribution in [0.5, 0.6) is 5.75 Å². The molecule has 6 heteroatoms. The second-order valence-electron chi connectivity index (χ2n) is 5.53. The van der Waals surface area contributed by atoms with Crippen molar-refractivity contribution in [2.45, 2.75) is 6.54 Å². The topological polar surface area (TPSA) is 50.8 Å². The Hall–Kier alpha value is -2.86. The van der Waals surface area contributed by atoms with E-state index in [2.05, 4.69) is 11.9 Å². The first-order valence-corrected chi connectivity index (χ1v) is 8.26. The van der Waals surface area contributed by atoms with E-state index in [0.29, 0.717) is 30.2 Å². The van der Waals surface area contributed by atoms with E-state index in [1.165, 1.54) is 11.0 Å². The molecule has 0 saturated carbocycles. The van der Waals surface area contributed by atoms with E-state index in [1.807, 2.05) is 6.07 Å². The molecule has 0 fully saturated rings. The van der Waals surface area contributed by atoms with Crippen molar-refractivity contribution in [3.05, 3.63) is 72.6 Å². The van der Waals surface area contributed by atoms with Crippen LogP contribution >= 0.6 is 0 Å². The van der Waals surface area contributed by atoms with Gasteiger partial charge in [-0.25, -0.2) is 9.18 Å². The number of para-hydroxylation sites is 2. The van der Waals surface area contributed by atoms with E-state index in [-0.39, 0.29) is 24.9 Å². The summed E-state index contributed by atoms with van der Waals surface area (Å²) in [4.78, 5) is 14.1. The van der Waals surface area contributed by atoms with Crippen LogP contribution in [0.2, 0.25) is 0 Å². The highest BCUT2D eigenvalue weighted by Gasteiger charge is 2.16. The summed E-state index contributed by atoms with van der Waals surface area (Å²) in [6.07, 6.45) is 1.60. The zero-order valence-corrected chi connectivity index (χ0v) is 14.8. The lowest BCUT2D eigenvalue weighted by atomic mass is 10.2. The summed E-state index contributed by atoms with van der Waals surface area (Å²) >= 11 is 0. The summed E-state index contributed by atoms with van der Waals surface area (Å²) in [6, 6.07) is 13.1. The molecule has 26 heavy (non-hydrogen) atoms. The van der Waals surface area contributed by atoms with E-state index in [0.717, 1.165) is 0 Å². The number of rotatable bonds is 9. The lowest BCUT2D eigenvalue weighted by molar-refractivity contribution is 0.146. The largest absolute Gasteiger partial charge is 0.489 e. The fraction of sp³-hybridized carbons (Fsp3) is 0.250. The lowest BCUT2D eigenvalue weighted by Crippen LogP contribution is -2.35. The Morgan fingerprint density at radius 1 is 1.19 bits per heavy atom. The number of hydrogen-bond donors (Lipinski definition) is 1. The van der Waals surface area contributed by atoms with Gasteiger partial charge in [0, 0.05) is 19.2 Å². The van der Waals surface area contributed by atoms with Crippen LogP contribution in [-0.2, 0) is 11.3 Å². The fourth-order valence-electron chi connectivity index (χ4n) is 2.33. The summed E-state index contributed by atoms with van der Waals surface area (Å²) in [6.45, 7) is 4.90. The Morgan fingerprint density at radius 3 is 2.65 bits per heavy atom. The number of methoxy groups -OCH3 is 1. The second-order valence-corrected chi connectivity index (χ2v) is 5.53. The second kappa shape index (κ2) is 10.2. The van der Waals surface area contributed by atoms with Gasteiger partial charge in [0.05, 0.1) is 18.8 Å². The Kier molecular flexibility index (Phi) is 7.64. The number of anilines is 1. The zero-order valence-electron chi connectivity index (χ0n) is 14.8. The lowest BCUT2D eigenvalue weighted by Gasteiger charge is -2.23. The summed E-state index contributed by atoms with van der Waals surface area (Å²) in [7, 11) is 1.59. The van der Waals surface area contributed by atoms with E-state index < -0.39 is 0 Å². The molecule has 2 amide bonds. The summed E-state index contributed by atoms with van der Waals surface area (Å²) in [5.74, 6) is 0.194. The number of carbonyl (C=O) groups is 1. The molecule has 2 aromatic carbocycles. The van der Waals surface area contributed by atoms with Crippen molar-refractivity contribution in [2.75, 3.05) is 32.2 Å². The Balaban J connectivity index is 2.10. The molecule has 2 aromatic rings. The molecular weight excluding hydrogens is 335 g/mol. The highest BCUT2D eigenvalue weighted by molar-refractivity contribution is 5.91. The molecule has 0 aliphatic carbocycles. The molecule has 5 nitrogen and oxygen atoms in total. The van der Waals surface area contributed by atoms with Gasteiger partial charge in [0.2, 0.25) is 0 Å². The quantitative estimate of drug-likeness (QED) is 0.543. The average Bonchev–Trinajstić information content (AvgIpc) is 2.64. The van der Waals surface area contributed by atoms with Gasteiger partial charge in [-0.15, -0.1) is 6.58 Å². The van der Waals surface area contributed by atoms with Crippen LogP contribution < -0.4 is 10.1 Å². The molecule has 138 valence electrons. The van der Waals surface area contributed by atoms with Crippen molar-refractivity contribution in [1.29, 1.82) is 0 Å². The van der Waals surface area contributed by atoms with Crippen LogP contribution in [0, 0.1) is 5.82 Å². The minimum Gasteiger partial charge on any atom is -0.489 e. The molecule has 0 aromatic heterocycles. The smallest absolute Gasteiger partial charge is 0.322 e. The van der Waals surface area contributed by atoms with Gasteiger partial charge in [-0.3, -0.25) is 0 Å². The van der Waals surface area contributed by atoms with Gasteiger partial charge in [-0.2, -0.15) is 0 Å². The third-order valence-electron chi connectivity index (χ3n) is 3.63. The van der Waals surface area contributed by atoms with Gasteiger partial charge < -0.3 is 19.7 Å². The van der Waals surface area contributed by atoms with E-state index in [4.69, 9.17) is 9.47 Å². The standard InChI is InChI=1S/C20H23FN2O3/c1-3-12-23(15-16-8-4-5-9-17(16)21)20(24)22-18-10-6-7-11-19(18)26-14-13-25-2/h3-11H,1,12-15H2,2H3,(H,22,24). The van der Waals surface area contributed by atoms with E-state index in [9.17, 15) is 9.18 Å². The molecule has 0 aliphatic heterocycles. The van der Waals surface area contributed by atoms with Gasteiger partial charge in [0.25, 0.3) is 0 Å². The highest BCUT2D eigenvalue weighted by Crippen LogP contribution is 2.24. The number of ether oxygens (including phenoxy) is 2. The predicted molar refractivity (Wildman–Crippen MR) is 99.8 cm³/mol. The number of hydrogen-bond acceptors (Lipinski definition) is 3. The first-order valence-electron chi connectivity index (χ1n) is 8.26. The Morgan fingerprint density at radius 2 is 1.92 bits per heavy atom. The van der Waals surface area contributed by atoms with Crippen LogP contribution in [0.4, 0.5) is 14.9 Å². The fourth-order valence-corrected chi connectivity index (χ4v) is 2.33. The number of carbonyl (C=O) groups excluding carboxylic acids is 1. The molecular formula is C20H23FN2O3. The Labute approximate surface area is 153 Å². The number of halogens is 1. The van der Waals surface area contributed by atoms with Crippen molar-refractivity contribution in [3.8, 4) is 5.75 Å². The minimum absolute atomic E-state index is 0.136. The predicted octanol–water partition coefficient (Wildman–Crippen LogP) is 4.07. The maximum absolute atomic E-state index is 13.9. The number of benzene rings is 2. The van der Waals surface area contributed by atoms with E-state index >= 15 is 0 Å². The first kappa shape index (κ1) is 19.5. The van der Waals surface area contributed by atoms with Gasteiger partial charge >= 0.3 is 6.03 Å². The van der Waals surface area contributed by atoms with Crippen molar-refractivity contribution >= 4 is 11.7 Å². The SMILES string of the molecule is C=CCN(Cc1ccccc1F)C(=O)Nc1ccccc1OCCOC. The monoisotopic (exact) mass is 358 g/mol. The molecule has 0 spiro atoms. The normalized spacial score (nSPS) is 10.2. The number of nitrogens with zero attached hydrogens (tertiary/aromatic N) is 1. The molecule has 0 unspecified atom stereocenters. The summed E-state index contributed by atoms with van der Waals surface area (Å²) < 4.78 is 24.5. The van der Waals surface area contributed by atoms with Crippen LogP contribution in [-0.4, -0.2) is 37.8 Å². The molecule has 0 radical (unpaired) electrons. The molecule has 0 saturated heterocycles. The highest BCUT2D eigenvalue weighted by atomic mass is 19.1. The van der Waals surface area contributed by atoms with Crippen LogP contribution in [0.1, 0.15) is 5.56 Å². The summed E-state index contributed by atoms with van der Waals surface area (Å²) in [5, 5.41) is 2.81. The van der Waals surface area contributed by atoms with Crippen LogP contribution in [0.25, 0.3) is 0 Å². The van der Waals surface area contributed by atoms with E-state index in [1.54, 1.807) is 49.6 Å². The van der Waals surface area contributed by atoms with Crippen molar-refractivity contribution in [2.24, 2.45) is 0 Å². The molecule has 0 bridgehead atoms. The van der Waals surface area contributed by atoms with Crippen LogP contribution in [0.3, 0.4) is 0 Å². The van der Waals surface area contributed by atoms with Gasteiger partial charge in [0.1, 0.15) is 18.2 Å². The minimum atomic E-state index is -0.365. The molecule has 1 N–H and O–H groups in total. The molecule has 0 heterocycles. The van der Waals surface area contributed by atoms with Crippen LogP contribution in [0.15, 0.2) is 61.2 Å². The van der Waals surface area contributed by atoms with Gasteiger partial charge in [-0.05, 0) is 18.2 Å². The van der Waals surface area contributed by atoms with Gasteiger partial charge in [-0.1, -0.05) is 36.4 Å². The van der Waals surface area contributed by atoms with Crippen molar-refractivity contribution in [1.82, 2.24) is 4.90 Å². The zero-order chi connectivity index (χ0) is 18.8. The van der Waals surface area contributed by atoms with Crippen molar-refractivity contribution < 1.29 is 18.7 Å². The third-order valence-corrected chi connectivity index (χ3v) is 3.63. The number of amides is 2. The molecule has 2 rings (SSSR count). The maximum Gasteiger partial charge on any atom is 0.322 e. The summed E-state index contributed by atoms with van der Waals surface area (Å²) in [5.41, 5.74) is 0.977. The first-order chi connectivity index (χ1) is 12.7. The Bertz CT molecular complexity index is 737.